The fourth-order valence-corrected chi connectivity index (χ4v) is 3.87. The van der Waals surface area contributed by atoms with Crippen LogP contribution in [0.2, 0.25) is 0 Å². The molecule has 1 atom stereocenters. The first kappa shape index (κ1) is 24.7. The summed E-state index contributed by atoms with van der Waals surface area (Å²) in [4.78, 5) is 14.8. The summed E-state index contributed by atoms with van der Waals surface area (Å²) in [7, 11) is 1.49. The highest BCUT2D eigenvalue weighted by atomic mass is 19.4. The lowest BCUT2D eigenvalue weighted by Crippen LogP contribution is -2.20. The third kappa shape index (κ3) is 4.85. The topological polar surface area (TPSA) is 104 Å². The molecule has 0 spiro atoms. The number of methoxy groups -OCH3 is 1. The molecule has 13 heteroatoms. The normalized spacial score (nSPS) is 14.8. The van der Waals surface area contributed by atoms with E-state index in [1.165, 1.54) is 55.7 Å². The lowest BCUT2D eigenvalue weighted by atomic mass is 10.0. The van der Waals surface area contributed by atoms with Gasteiger partial charge in [-0.15, -0.1) is 5.10 Å². The molecule has 194 valence electrons. The van der Waals surface area contributed by atoms with Crippen LogP contribution in [0.5, 0.6) is 17.2 Å². The Bertz CT molecular complexity index is 1530. The van der Waals surface area contributed by atoms with Gasteiger partial charge in [-0.2, -0.15) is 18.2 Å². The van der Waals surface area contributed by atoms with Crippen LogP contribution < -0.4 is 14.8 Å². The largest absolute Gasteiger partial charge is 0.497 e. The molecule has 0 aliphatic carbocycles. The summed E-state index contributed by atoms with van der Waals surface area (Å²) in [6, 6.07) is 14.7. The van der Waals surface area contributed by atoms with Crippen molar-refractivity contribution in [3.05, 3.63) is 106 Å². The molecular weight excluding hydrogens is 510 g/mol. The molecule has 0 bridgehead atoms. The van der Waals surface area contributed by atoms with Gasteiger partial charge < -0.3 is 14.8 Å². The second-order valence-electron chi connectivity index (χ2n) is 8.12. The summed E-state index contributed by atoms with van der Waals surface area (Å²) in [6.07, 6.45) is -3.30. The molecule has 2 heterocycles. The fourth-order valence-electron chi connectivity index (χ4n) is 3.87. The number of halogens is 4. The number of nitrogens with zero attached hydrogens (tertiary/aromatic N) is 4. The van der Waals surface area contributed by atoms with Gasteiger partial charge in [0.15, 0.2) is 0 Å². The first-order valence-electron chi connectivity index (χ1n) is 11.0. The second kappa shape index (κ2) is 9.50. The quantitative estimate of drug-likeness (QED) is 0.181. The molecule has 0 saturated carbocycles. The van der Waals surface area contributed by atoms with Gasteiger partial charge in [-0.25, -0.2) is 9.07 Å². The molecule has 1 aromatic heterocycles. The number of hydrogen-bond donors (Lipinski definition) is 1. The van der Waals surface area contributed by atoms with E-state index in [9.17, 15) is 27.7 Å². The maximum Gasteiger partial charge on any atom is 0.453 e. The Morgan fingerprint density at radius 3 is 2.34 bits per heavy atom. The van der Waals surface area contributed by atoms with Gasteiger partial charge in [0, 0.05) is 11.8 Å². The van der Waals surface area contributed by atoms with Gasteiger partial charge in [-0.3, -0.25) is 10.1 Å². The molecule has 4 aromatic rings. The van der Waals surface area contributed by atoms with E-state index in [0.29, 0.717) is 22.8 Å². The molecule has 1 N–H and O–H groups in total. The van der Waals surface area contributed by atoms with Crippen molar-refractivity contribution in [2.45, 2.75) is 12.2 Å². The van der Waals surface area contributed by atoms with Crippen LogP contribution in [0.15, 0.2) is 72.8 Å². The minimum Gasteiger partial charge on any atom is -0.497 e. The van der Waals surface area contributed by atoms with Crippen LogP contribution in [0, 0.1) is 15.9 Å². The van der Waals surface area contributed by atoms with Crippen LogP contribution in [0.25, 0.3) is 5.70 Å². The van der Waals surface area contributed by atoms with Crippen molar-refractivity contribution in [1.29, 1.82) is 0 Å². The molecule has 1 aliphatic rings. The minimum atomic E-state index is -4.82. The Morgan fingerprint density at radius 1 is 1.03 bits per heavy atom. The third-order valence-electron chi connectivity index (χ3n) is 5.68. The van der Waals surface area contributed by atoms with E-state index in [2.05, 4.69) is 15.4 Å². The van der Waals surface area contributed by atoms with Gasteiger partial charge in [0.05, 0.1) is 12.0 Å². The van der Waals surface area contributed by atoms with E-state index in [1.807, 2.05) is 0 Å². The lowest BCUT2D eigenvalue weighted by molar-refractivity contribution is -0.385. The van der Waals surface area contributed by atoms with E-state index in [-0.39, 0.29) is 17.3 Å². The Balaban J connectivity index is 1.58. The summed E-state index contributed by atoms with van der Waals surface area (Å²) in [5, 5.41) is 18.3. The van der Waals surface area contributed by atoms with Crippen LogP contribution in [0.4, 0.5) is 29.2 Å². The zero-order valence-corrected chi connectivity index (χ0v) is 19.4. The van der Waals surface area contributed by atoms with Gasteiger partial charge in [-0.1, -0.05) is 6.07 Å². The van der Waals surface area contributed by atoms with E-state index in [1.54, 1.807) is 24.3 Å². The van der Waals surface area contributed by atoms with Gasteiger partial charge in [-0.05, 0) is 71.8 Å². The number of nitro groups is 1. The van der Waals surface area contributed by atoms with Gasteiger partial charge in [0.2, 0.25) is 11.7 Å². The van der Waals surface area contributed by atoms with Gasteiger partial charge in [0.1, 0.15) is 23.4 Å². The Labute approximate surface area is 212 Å². The minimum absolute atomic E-state index is 0.0737. The number of ether oxygens (including phenoxy) is 2. The zero-order valence-electron chi connectivity index (χ0n) is 19.4. The maximum absolute atomic E-state index is 13.4. The zero-order chi connectivity index (χ0) is 27.0. The van der Waals surface area contributed by atoms with Crippen molar-refractivity contribution in [2.75, 3.05) is 12.4 Å². The molecule has 0 unspecified atom stereocenters. The monoisotopic (exact) mass is 527 g/mol. The summed E-state index contributed by atoms with van der Waals surface area (Å²) >= 11 is 0. The van der Waals surface area contributed by atoms with Crippen LogP contribution in [0.1, 0.15) is 23.0 Å². The highest BCUT2D eigenvalue weighted by Gasteiger charge is 2.39. The molecule has 1 aliphatic heterocycles. The van der Waals surface area contributed by atoms with E-state index < -0.39 is 34.5 Å². The van der Waals surface area contributed by atoms with Crippen LogP contribution in [-0.2, 0) is 6.18 Å². The number of hydrogen-bond acceptors (Lipinski definition) is 7. The number of benzene rings is 3. The number of fused-ring (bicyclic) bond motifs is 1. The molecule has 38 heavy (non-hydrogen) atoms. The second-order valence-corrected chi connectivity index (χ2v) is 8.12. The summed E-state index contributed by atoms with van der Waals surface area (Å²) in [5.41, 5.74) is 0.629. The number of nitro benzene ring substituents is 1. The number of nitrogens with one attached hydrogen (secondary N) is 1. The molecule has 0 radical (unpaired) electrons. The highest BCUT2D eigenvalue weighted by Crippen LogP contribution is 2.39. The van der Waals surface area contributed by atoms with E-state index in [4.69, 9.17) is 9.47 Å². The molecular formula is C25H17F4N5O4. The number of anilines is 1. The Kier molecular flexibility index (Phi) is 6.18. The van der Waals surface area contributed by atoms with E-state index in [0.717, 1.165) is 4.68 Å². The average Bonchev–Trinajstić information content (AvgIpc) is 3.34. The van der Waals surface area contributed by atoms with Crippen LogP contribution in [0.3, 0.4) is 0 Å². The van der Waals surface area contributed by atoms with E-state index >= 15 is 0 Å². The number of allylic oxidation sites excluding steroid dienone is 1. The SMILES string of the molecule is COc1ccc(Oc2ccc([C@H]3C=C(c4ccc(F)cc4)Nc4nc(C(F)(F)F)nn43)cc2[N+](=O)[O-])cc1. The van der Waals surface area contributed by atoms with Crippen molar-refractivity contribution in [1.82, 2.24) is 14.8 Å². The van der Waals surface area contributed by atoms with Crippen molar-refractivity contribution in [2.24, 2.45) is 0 Å². The Morgan fingerprint density at radius 2 is 1.71 bits per heavy atom. The highest BCUT2D eigenvalue weighted by molar-refractivity contribution is 5.77. The van der Waals surface area contributed by atoms with Gasteiger partial charge in [0.25, 0.3) is 5.82 Å². The van der Waals surface area contributed by atoms with Crippen LogP contribution in [-0.4, -0.2) is 26.8 Å². The van der Waals surface area contributed by atoms with Gasteiger partial charge >= 0.3 is 11.9 Å². The predicted octanol–water partition coefficient (Wildman–Crippen LogP) is 6.20. The third-order valence-corrected chi connectivity index (χ3v) is 5.68. The first-order valence-corrected chi connectivity index (χ1v) is 11.0. The molecule has 9 nitrogen and oxygen atoms in total. The summed E-state index contributed by atoms with van der Waals surface area (Å²) < 4.78 is 65.4. The standard InChI is InChI=1S/C25H17F4N5O4/c1-37-17-7-9-18(10-8-17)38-22-11-4-15(12-21(22)34(35)36)20-13-19(14-2-5-16(26)6-3-14)30-24-31-23(25(27,28)29)32-33(20)24/h2-13,20H,1H3,(H,30,31,32)/t20-/m1/s1. The fraction of sp³-hybridized carbons (Fsp3) is 0.120. The molecule has 3 aromatic carbocycles. The summed E-state index contributed by atoms with van der Waals surface area (Å²) in [6.45, 7) is 0. The Hall–Kier alpha value is -4.94. The van der Waals surface area contributed by atoms with Crippen molar-refractivity contribution >= 4 is 17.3 Å². The smallest absolute Gasteiger partial charge is 0.453 e. The lowest BCUT2D eigenvalue weighted by Gasteiger charge is -2.24. The number of aromatic nitrogens is 3. The molecule has 0 fully saturated rings. The predicted molar refractivity (Wildman–Crippen MR) is 127 cm³/mol. The average molecular weight is 527 g/mol. The summed E-state index contributed by atoms with van der Waals surface area (Å²) in [5.74, 6) is -1.30. The first-order chi connectivity index (χ1) is 18.1. The molecule has 5 rings (SSSR count). The number of rotatable bonds is 6. The molecule has 0 saturated heterocycles. The van der Waals surface area contributed by atoms with Crippen LogP contribution >= 0.6 is 0 Å². The van der Waals surface area contributed by atoms with Crippen molar-refractivity contribution < 1.29 is 32.0 Å². The van der Waals surface area contributed by atoms with Crippen molar-refractivity contribution in [3.8, 4) is 17.2 Å². The molecule has 0 amide bonds. The van der Waals surface area contributed by atoms with Crippen molar-refractivity contribution in [3.63, 3.8) is 0 Å². The number of alkyl halides is 3. The maximum atomic E-state index is 13.4.